The van der Waals surface area contributed by atoms with Crippen molar-refractivity contribution in [3.05, 3.63) is 39.5 Å². The van der Waals surface area contributed by atoms with Gasteiger partial charge in [0, 0.05) is 18.5 Å². The van der Waals surface area contributed by atoms with E-state index in [0.717, 1.165) is 0 Å². The van der Waals surface area contributed by atoms with Gasteiger partial charge in [-0.15, -0.1) is 0 Å². The van der Waals surface area contributed by atoms with Gasteiger partial charge in [-0.2, -0.15) is 22.8 Å². The first-order valence-electron chi connectivity index (χ1n) is 6.55. The number of amides is 1. The second-order valence-electron chi connectivity index (χ2n) is 4.64. The summed E-state index contributed by atoms with van der Waals surface area (Å²) >= 11 is 4.01. The third-order valence-corrected chi connectivity index (χ3v) is 3.30. The van der Waals surface area contributed by atoms with Crippen LogP contribution in [0, 0.1) is 24.0 Å². The normalized spacial score (nSPS) is 10.7. The van der Waals surface area contributed by atoms with Gasteiger partial charge in [0.15, 0.2) is 0 Å². The first kappa shape index (κ1) is 16.0. The number of nitro groups is 1. The zero-order valence-corrected chi connectivity index (χ0v) is 13.1. The highest BCUT2D eigenvalue weighted by Gasteiger charge is 2.22. The summed E-state index contributed by atoms with van der Waals surface area (Å²) in [6.07, 6.45) is 1.62. The van der Waals surface area contributed by atoms with Crippen molar-refractivity contribution in [3.8, 4) is 0 Å². The van der Waals surface area contributed by atoms with Gasteiger partial charge in [0.1, 0.15) is 23.8 Å². The summed E-state index contributed by atoms with van der Waals surface area (Å²) < 4.78 is 2.98. The van der Waals surface area contributed by atoms with E-state index in [1.807, 2.05) is 0 Å². The minimum atomic E-state index is -0.451. The van der Waals surface area contributed by atoms with Crippen LogP contribution in [0.1, 0.15) is 21.9 Å². The molecule has 118 valence electrons. The number of carbonyl (C=O) groups is 1. The molecule has 0 radical (unpaired) electrons. The zero-order chi connectivity index (χ0) is 16.3. The summed E-state index contributed by atoms with van der Waals surface area (Å²) in [6.45, 7) is 3.86. The topological polar surface area (TPSA) is 108 Å². The molecule has 22 heavy (non-hydrogen) atoms. The number of carbonyl (C=O) groups excluding carboxylic acids is 1. The minimum absolute atomic E-state index is 0.00102. The van der Waals surface area contributed by atoms with Gasteiger partial charge in [0.25, 0.3) is 5.91 Å². The van der Waals surface area contributed by atoms with Crippen LogP contribution in [0.3, 0.4) is 0 Å². The minimum Gasteiger partial charge on any atom is -0.350 e. The molecule has 2 aromatic rings. The average molecular weight is 324 g/mol. The van der Waals surface area contributed by atoms with Crippen molar-refractivity contribution in [1.82, 2.24) is 24.9 Å². The van der Waals surface area contributed by atoms with E-state index in [0.29, 0.717) is 23.7 Å². The van der Waals surface area contributed by atoms with Gasteiger partial charge in [-0.3, -0.25) is 19.6 Å². The van der Waals surface area contributed by atoms with Gasteiger partial charge < -0.3 is 5.32 Å². The number of aryl methyl sites for hydroxylation is 1. The predicted molar refractivity (Wildman–Crippen MR) is 82.2 cm³/mol. The fourth-order valence-electron chi connectivity index (χ4n) is 2.05. The summed E-state index contributed by atoms with van der Waals surface area (Å²) in [5.41, 5.74) is 1.07. The summed E-state index contributed by atoms with van der Waals surface area (Å²) in [7, 11) is 0. The Balaban J connectivity index is 2.15. The van der Waals surface area contributed by atoms with Gasteiger partial charge >= 0.3 is 5.69 Å². The summed E-state index contributed by atoms with van der Waals surface area (Å²) in [6, 6.07) is 1.58. The Hall–Kier alpha value is -2.36. The van der Waals surface area contributed by atoms with Crippen LogP contribution in [-0.4, -0.2) is 42.7 Å². The van der Waals surface area contributed by atoms with Crippen LogP contribution in [0.15, 0.2) is 12.3 Å². The average Bonchev–Trinajstić information content (AvgIpc) is 3.02. The van der Waals surface area contributed by atoms with Crippen LogP contribution in [0.5, 0.6) is 0 Å². The van der Waals surface area contributed by atoms with Crippen LogP contribution in [0.25, 0.3) is 0 Å². The molecule has 1 amide bonds. The Morgan fingerprint density at radius 2 is 2.18 bits per heavy atom. The second-order valence-corrected chi connectivity index (χ2v) is 5.08. The number of rotatable bonds is 6. The van der Waals surface area contributed by atoms with Crippen molar-refractivity contribution in [2.24, 2.45) is 0 Å². The first-order chi connectivity index (χ1) is 10.4. The molecule has 0 saturated heterocycles. The van der Waals surface area contributed by atoms with Gasteiger partial charge in [0.05, 0.1) is 4.92 Å². The van der Waals surface area contributed by atoms with Gasteiger partial charge in [0.2, 0.25) is 0 Å². The molecule has 1 N–H and O–H groups in total. The van der Waals surface area contributed by atoms with E-state index in [2.05, 4.69) is 28.1 Å². The molecule has 0 aliphatic rings. The highest BCUT2D eigenvalue weighted by Crippen LogP contribution is 2.21. The number of thiol groups is 1. The maximum atomic E-state index is 11.8. The largest absolute Gasteiger partial charge is 0.350 e. The Morgan fingerprint density at radius 3 is 2.77 bits per heavy atom. The molecular formula is C12H16N6O3S. The molecule has 2 rings (SSSR count). The second kappa shape index (κ2) is 6.60. The van der Waals surface area contributed by atoms with Crippen LogP contribution < -0.4 is 5.32 Å². The highest BCUT2D eigenvalue weighted by atomic mass is 32.1. The van der Waals surface area contributed by atoms with Crippen molar-refractivity contribution < 1.29 is 9.72 Å². The molecule has 9 nitrogen and oxygen atoms in total. The first-order valence-corrected chi connectivity index (χ1v) is 7.18. The quantitative estimate of drug-likeness (QED) is 0.463. The molecule has 2 aromatic heterocycles. The van der Waals surface area contributed by atoms with E-state index in [1.165, 1.54) is 9.36 Å². The Kier molecular flexibility index (Phi) is 4.81. The van der Waals surface area contributed by atoms with Crippen molar-refractivity contribution in [1.29, 1.82) is 0 Å². The number of hydrogen-bond acceptors (Lipinski definition) is 6. The number of nitrogens with one attached hydrogen (secondary N) is 1. The predicted octanol–water partition coefficient (Wildman–Crippen LogP) is 0.770. The molecular weight excluding hydrogens is 308 g/mol. The summed E-state index contributed by atoms with van der Waals surface area (Å²) in [5, 5.41) is 21.9. The molecule has 0 fully saturated rings. The lowest BCUT2D eigenvalue weighted by molar-refractivity contribution is -0.386. The molecule has 0 aliphatic heterocycles. The van der Waals surface area contributed by atoms with E-state index < -0.39 is 4.92 Å². The monoisotopic (exact) mass is 324 g/mol. The Bertz CT molecular complexity index is 708. The molecule has 10 heteroatoms. The SMILES string of the molecule is Cc1nn(Cn2ccc(C(=O)NCCS)n2)c(C)c1[N+](=O)[O-]. The van der Waals surface area contributed by atoms with Crippen molar-refractivity contribution in [3.63, 3.8) is 0 Å². The zero-order valence-electron chi connectivity index (χ0n) is 12.2. The molecule has 0 spiro atoms. The van der Waals surface area contributed by atoms with Crippen LogP contribution >= 0.6 is 12.6 Å². The highest BCUT2D eigenvalue weighted by molar-refractivity contribution is 7.80. The fourth-order valence-corrected chi connectivity index (χ4v) is 2.16. The number of nitrogens with zero attached hydrogens (tertiary/aromatic N) is 5. The van der Waals surface area contributed by atoms with Crippen molar-refractivity contribution >= 4 is 24.2 Å². The third-order valence-electron chi connectivity index (χ3n) is 3.08. The summed E-state index contributed by atoms with van der Waals surface area (Å²) in [4.78, 5) is 22.3. The van der Waals surface area contributed by atoms with E-state index in [4.69, 9.17) is 0 Å². The number of aromatic nitrogens is 4. The van der Waals surface area contributed by atoms with E-state index in [1.54, 1.807) is 26.1 Å². The van der Waals surface area contributed by atoms with Crippen LogP contribution in [-0.2, 0) is 6.67 Å². The molecule has 0 aliphatic carbocycles. The maximum Gasteiger partial charge on any atom is 0.312 e. The van der Waals surface area contributed by atoms with E-state index in [9.17, 15) is 14.9 Å². The molecule has 0 aromatic carbocycles. The standard InChI is InChI=1S/C12H16N6O3S/c1-8-11(18(20)21)9(2)17(14-8)7-16-5-3-10(15-16)12(19)13-4-6-22/h3,5,22H,4,6-7H2,1-2H3,(H,13,19). The van der Waals surface area contributed by atoms with Gasteiger partial charge in [-0.05, 0) is 19.9 Å². The Morgan fingerprint density at radius 1 is 1.45 bits per heavy atom. The van der Waals surface area contributed by atoms with Crippen molar-refractivity contribution in [2.75, 3.05) is 12.3 Å². The molecule has 0 atom stereocenters. The lowest BCUT2D eigenvalue weighted by atomic mass is 10.3. The third kappa shape index (κ3) is 3.27. The Labute approximate surface area is 131 Å². The number of hydrogen-bond donors (Lipinski definition) is 2. The van der Waals surface area contributed by atoms with E-state index in [-0.39, 0.29) is 24.0 Å². The molecule has 2 heterocycles. The maximum absolute atomic E-state index is 11.8. The van der Waals surface area contributed by atoms with Gasteiger partial charge in [-0.1, -0.05) is 0 Å². The fraction of sp³-hybridized carbons (Fsp3) is 0.417. The van der Waals surface area contributed by atoms with Crippen molar-refractivity contribution in [2.45, 2.75) is 20.5 Å². The van der Waals surface area contributed by atoms with Crippen LogP contribution in [0.2, 0.25) is 0 Å². The molecule has 0 bridgehead atoms. The smallest absolute Gasteiger partial charge is 0.312 e. The lowest BCUT2D eigenvalue weighted by Crippen LogP contribution is -2.26. The van der Waals surface area contributed by atoms with Crippen LogP contribution in [0.4, 0.5) is 5.69 Å². The molecule has 0 unspecified atom stereocenters. The lowest BCUT2D eigenvalue weighted by Gasteiger charge is -2.04. The summed E-state index contributed by atoms with van der Waals surface area (Å²) in [5.74, 6) is 0.258. The molecule has 0 saturated carbocycles. The van der Waals surface area contributed by atoms with E-state index >= 15 is 0 Å². The van der Waals surface area contributed by atoms with Gasteiger partial charge in [-0.25, -0.2) is 4.68 Å².